The van der Waals surface area contributed by atoms with E-state index in [9.17, 15) is 4.79 Å². The summed E-state index contributed by atoms with van der Waals surface area (Å²) < 4.78 is 7.97. The molecule has 176 valence electrons. The standard InChI is InChI=1S/C26H34N4O2S/c1-18(2)14-15-30-23(16-32-21-11-7-6-8-12-21)28-29-26(30)33-17-24(31)27-25-20(5)10-9-13-22(25)19(3)4/h6-13,18-19H,14-17H2,1-5H3,(H,27,31). The Hall–Kier alpha value is -2.80. The van der Waals surface area contributed by atoms with Crippen molar-refractivity contribution in [3.05, 3.63) is 65.5 Å². The summed E-state index contributed by atoms with van der Waals surface area (Å²) in [4.78, 5) is 12.8. The minimum Gasteiger partial charge on any atom is -0.486 e. The molecule has 7 heteroatoms. The maximum Gasteiger partial charge on any atom is 0.234 e. The molecule has 0 bridgehead atoms. The molecule has 0 unspecified atom stereocenters. The summed E-state index contributed by atoms with van der Waals surface area (Å²) in [5, 5.41) is 12.6. The summed E-state index contributed by atoms with van der Waals surface area (Å²) in [5.41, 5.74) is 3.13. The number of para-hydroxylation sites is 2. The van der Waals surface area contributed by atoms with Crippen molar-refractivity contribution >= 4 is 23.4 Å². The predicted molar refractivity (Wildman–Crippen MR) is 135 cm³/mol. The molecule has 0 saturated carbocycles. The second-order valence-corrected chi connectivity index (χ2v) is 9.81. The van der Waals surface area contributed by atoms with Crippen LogP contribution in [0.25, 0.3) is 0 Å². The molecule has 0 fully saturated rings. The number of carbonyl (C=O) groups is 1. The molecule has 0 saturated heterocycles. The molecule has 33 heavy (non-hydrogen) atoms. The van der Waals surface area contributed by atoms with E-state index in [-0.39, 0.29) is 11.7 Å². The van der Waals surface area contributed by atoms with Gasteiger partial charge in [-0.3, -0.25) is 4.79 Å². The van der Waals surface area contributed by atoms with Gasteiger partial charge in [-0.25, -0.2) is 0 Å². The van der Waals surface area contributed by atoms with Crippen LogP contribution in [0.1, 0.15) is 57.0 Å². The van der Waals surface area contributed by atoms with Crippen LogP contribution in [0.4, 0.5) is 5.69 Å². The molecule has 0 atom stereocenters. The molecule has 0 aliphatic heterocycles. The maximum absolute atomic E-state index is 12.8. The molecule has 6 nitrogen and oxygen atoms in total. The summed E-state index contributed by atoms with van der Waals surface area (Å²) >= 11 is 1.41. The molecule has 0 aliphatic rings. The molecular weight excluding hydrogens is 432 g/mol. The molecule has 1 amide bonds. The number of nitrogens with one attached hydrogen (secondary N) is 1. The summed E-state index contributed by atoms with van der Waals surface area (Å²) in [7, 11) is 0. The number of nitrogens with zero attached hydrogens (tertiary/aromatic N) is 3. The Kier molecular flexibility index (Phi) is 8.95. The highest BCUT2D eigenvalue weighted by molar-refractivity contribution is 7.99. The van der Waals surface area contributed by atoms with E-state index in [0.717, 1.165) is 46.5 Å². The molecule has 1 heterocycles. The van der Waals surface area contributed by atoms with Crippen molar-refractivity contribution in [3.63, 3.8) is 0 Å². The fourth-order valence-electron chi connectivity index (χ4n) is 3.46. The number of hydrogen-bond donors (Lipinski definition) is 1. The molecule has 3 aromatic rings. The minimum atomic E-state index is -0.0447. The van der Waals surface area contributed by atoms with E-state index in [4.69, 9.17) is 4.74 Å². The van der Waals surface area contributed by atoms with Gasteiger partial charge in [-0.1, -0.05) is 75.9 Å². The van der Waals surface area contributed by atoms with E-state index in [1.165, 1.54) is 11.8 Å². The summed E-state index contributed by atoms with van der Waals surface area (Å²) in [6, 6.07) is 15.8. The van der Waals surface area contributed by atoms with Crippen LogP contribution in [0.15, 0.2) is 53.7 Å². The normalized spacial score (nSPS) is 11.2. The number of thioether (sulfide) groups is 1. The zero-order chi connectivity index (χ0) is 23.8. The number of aryl methyl sites for hydroxylation is 1. The molecular formula is C26H34N4O2S. The molecule has 0 aliphatic carbocycles. The fourth-order valence-corrected chi connectivity index (χ4v) is 4.24. The number of anilines is 1. The van der Waals surface area contributed by atoms with Gasteiger partial charge >= 0.3 is 0 Å². The first-order chi connectivity index (χ1) is 15.8. The van der Waals surface area contributed by atoms with Gasteiger partial charge < -0.3 is 14.6 Å². The van der Waals surface area contributed by atoms with E-state index in [1.54, 1.807) is 0 Å². The first-order valence-electron chi connectivity index (χ1n) is 11.5. The average Bonchev–Trinajstić information content (AvgIpc) is 3.18. The zero-order valence-electron chi connectivity index (χ0n) is 20.2. The number of rotatable bonds is 11. The molecule has 2 aromatic carbocycles. The van der Waals surface area contributed by atoms with Crippen LogP contribution in [-0.4, -0.2) is 26.4 Å². The van der Waals surface area contributed by atoms with E-state index in [1.807, 2.05) is 49.4 Å². The van der Waals surface area contributed by atoms with E-state index in [2.05, 4.69) is 53.8 Å². The van der Waals surface area contributed by atoms with Crippen LogP contribution in [0.5, 0.6) is 5.75 Å². The van der Waals surface area contributed by atoms with Crippen molar-refractivity contribution < 1.29 is 9.53 Å². The van der Waals surface area contributed by atoms with Crippen LogP contribution in [0.3, 0.4) is 0 Å². The molecule has 1 aromatic heterocycles. The van der Waals surface area contributed by atoms with Crippen molar-refractivity contribution in [1.29, 1.82) is 0 Å². The van der Waals surface area contributed by atoms with Gasteiger partial charge in [0.1, 0.15) is 12.4 Å². The monoisotopic (exact) mass is 466 g/mol. The first kappa shape index (κ1) is 24.8. The van der Waals surface area contributed by atoms with Crippen LogP contribution >= 0.6 is 11.8 Å². The summed E-state index contributed by atoms with van der Waals surface area (Å²) in [5.74, 6) is 2.67. The average molecular weight is 467 g/mol. The Morgan fingerprint density at radius 3 is 2.52 bits per heavy atom. The summed E-state index contributed by atoms with van der Waals surface area (Å²) in [6.45, 7) is 11.8. The third kappa shape index (κ3) is 7.09. The topological polar surface area (TPSA) is 69.0 Å². The van der Waals surface area contributed by atoms with Crippen molar-refractivity contribution in [2.75, 3.05) is 11.1 Å². The molecule has 0 spiro atoms. The molecule has 1 N–H and O–H groups in total. The Balaban J connectivity index is 1.68. The number of hydrogen-bond acceptors (Lipinski definition) is 5. The highest BCUT2D eigenvalue weighted by atomic mass is 32.2. The lowest BCUT2D eigenvalue weighted by Gasteiger charge is -2.16. The predicted octanol–water partition coefficient (Wildman–Crippen LogP) is 6.07. The van der Waals surface area contributed by atoms with E-state index >= 15 is 0 Å². The minimum absolute atomic E-state index is 0.0447. The lowest BCUT2D eigenvalue weighted by atomic mass is 9.98. The zero-order valence-corrected chi connectivity index (χ0v) is 21.0. The van der Waals surface area contributed by atoms with Gasteiger partial charge in [0.2, 0.25) is 5.91 Å². The summed E-state index contributed by atoms with van der Waals surface area (Å²) in [6.07, 6.45) is 0.997. The van der Waals surface area contributed by atoms with Crippen molar-refractivity contribution in [2.24, 2.45) is 5.92 Å². The number of benzene rings is 2. The van der Waals surface area contributed by atoms with Crippen molar-refractivity contribution in [1.82, 2.24) is 14.8 Å². The highest BCUT2D eigenvalue weighted by Crippen LogP contribution is 2.28. The second-order valence-electron chi connectivity index (χ2n) is 8.87. The lowest BCUT2D eigenvalue weighted by molar-refractivity contribution is -0.113. The Morgan fingerprint density at radius 2 is 1.82 bits per heavy atom. The largest absolute Gasteiger partial charge is 0.486 e. The fraction of sp³-hybridized carbons (Fsp3) is 0.423. The maximum atomic E-state index is 12.8. The van der Waals surface area contributed by atoms with Crippen LogP contribution in [0.2, 0.25) is 0 Å². The van der Waals surface area contributed by atoms with E-state index < -0.39 is 0 Å². The third-order valence-corrected chi connectivity index (χ3v) is 6.33. The lowest BCUT2D eigenvalue weighted by Crippen LogP contribution is -2.17. The van der Waals surface area contributed by atoms with Gasteiger partial charge in [-0.05, 0) is 48.4 Å². The van der Waals surface area contributed by atoms with Gasteiger partial charge in [-0.15, -0.1) is 10.2 Å². The van der Waals surface area contributed by atoms with Crippen LogP contribution in [-0.2, 0) is 17.9 Å². The molecule has 3 rings (SSSR count). The molecule has 0 radical (unpaired) electrons. The SMILES string of the molecule is Cc1cccc(C(C)C)c1NC(=O)CSc1nnc(COc2ccccc2)n1CCC(C)C. The number of amides is 1. The van der Waals surface area contributed by atoms with Gasteiger partial charge in [0, 0.05) is 12.2 Å². The quantitative estimate of drug-likeness (QED) is 0.348. The first-order valence-corrected chi connectivity index (χ1v) is 12.5. The van der Waals surface area contributed by atoms with Crippen LogP contribution in [0, 0.1) is 12.8 Å². The van der Waals surface area contributed by atoms with Gasteiger partial charge in [0.25, 0.3) is 0 Å². The Morgan fingerprint density at radius 1 is 1.06 bits per heavy atom. The second kappa shape index (κ2) is 11.9. The van der Waals surface area contributed by atoms with Gasteiger partial charge in [0.15, 0.2) is 11.0 Å². The Bertz CT molecular complexity index is 1050. The number of aromatic nitrogens is 3. The highest BCUT2D eigenvalue weighted by Gasteiger charge is 2.17. The van der Waals surface area contributed by atoms with Crippen molar-refractivity contribution in [2.45, 2.75) is 65.3 Å². The Labute approximate surface area is 201 Å². The van der Waals surface area contributed by atoms with Crippen molar-refractivity contribution in [3.8, 4) is 5.75 Å². The number of ether oxygens (including phenoxy) is 1. The van der Waals surface area contributed by atoms with Crippen LogP contribution < -0.4 is 10.1 Å². The van der Waals surface area contributed by atoms with Gasteiger partial charge in [0.05, 0.1) is 5.75 Å². The number of carbonyl (C=O) groups excluding carboxylic acids is 1. The third-order valence-electron chi connectivity index (χ3n) is 5.36. The van der Waals surface area contributed by atoms with Gasteiger partial charge in [-0.2, -0.15) is 0 Å². The van der Waals surface area contributed by atoms with E-state index in [0.29, 0.717) is 18.4 Å². The smallest absolute Gasteiger partial charge is 0.234 e.